The van der Waals surface area contributed by atoms with Crippen molar-refractivity contribution >= 4 is 23.3 Å². The lowest BCUT2D eigenvalue weighted by atomic mass is 10.1. The molecule has 2 aliphatic heterocycles. The van der Waals surface area contributed by atoms with E-state index in [4.69, 9.17) is 14.2 Å². The number of ketones is 1. The molecule has 2 aliphatic rings. The number of hydrogen-bond acceptors (Lipinski definition) is 7. The van der Waals surface area contributed by atoms with Crippen molar-refractivity contribution in [3.8, 4) is 11.5 Å². The molecule has 1 fully saturated rings. The number of fused-ring (bicyclic) bond motifs is 1. The Morgan fingerprint density at radius 3 is 2.71 bits per heavy atom. The zero-order chi connectivity index (χ0) is 23.9. The van der Waals surface area contributed by atoms with E-state index >= 15 is 0 Å². The molecule has 2 heterocycles. The summed E-state index contributed by atoms with van der Waals surface area (Å²) in [5.41, 5.74) is 1.72. The van der Waals surface area contributed by atoms with Gasteiger partial charge in [-0.15, -0.1) is 0 Å². The maximum Gasteiger partial charge on any atom is 0.265 e. The van der Waals surface area contributed by atoms with Gasteiger partial charge in [-0.1, -0.05) is 18.2 Å². The molecule has 0 saturated carbocycles. The Morgan fingerprint density at radius 2 is 1.91 bits per heavy atom. The smallest absolute Gasteiger partial charge is 0.265 e. The van der Waals surface area contributed by atoms with Crippen LogP contribution in [0, 0.1) is 6.92 Å². The van der Waals surface area contributed by atoms with Crippen molar-refractivity contribution in [2.75, 3.05) is 64.1 Å². The van der Waals surface area contributed by atoms with E-state index < -0.39 is 0 Å². The number of amides is 2. The lowest BCUT2D eigenvalue weighted by Gasteiger charge is -2.29. The van der Waals surface area contributed by atoms with Gasteiger partial charge in [0.2, 0.25) is 5.91 Å². The number of Topliss-reactive ketones (excluding diaryl/α,β-unsaturated/α-hetero) is 1. The second-order valence-corrected chi connectivity index (χ2v) is 8.23. The number of carbonyl (C=O) groups excluding carboxylic acids is 3. The Morgan fingerprint density at radius 1 is 1.12 bits per heavy atom. The number of carbonyl (C=O) groups is 3. The van der Waals surface area contributed by atoms with Gasteiger partial charge < -0.3 is 19.5 Å². The normalized spacial score (nSPS) is 15.9. The first-order chi connectivity index (χ1) is 16.5. The molecule has 0 unspecified atom stereocenters. The van der Waals surface area contributed by atoms with Crippen molar-refractivity contribution in [3.05, 3.63) is 53.6 Å². The zero-order valence-corrected chi connectivity index (χ0v) is 19.2. The molecule has 0 spiro atoms. The number of hydrogen-bond donors (Lipinski definition) is 1. The molecule has 0 aliphatic carbocycles. The standard InChI is InChI=1S/C25H29N3O6/c1-18-4-2-3-5-22(18)33-16-21(29)19-6-7-23-20(14-19)28(25(31)17-34-23)15-24(30)26-8-9-27-10-12-32-13-11-27/h2-7,14H,8-13,15-17H2,1H3,(H,26,30). The molecule has 0 atom stereocenters. The molecular weight excluding hydrogens is 438 g/mol. The summed E-state index contributed by atoms with van der Waals surface area (Å²) in [4.78, 5) is 41.4. The van der Waals surface area contributed by atoms with Crippen molar-refractivity contribution < 1.29 is 28.6 Å². The van der Waals surface area contributed by atoms with Crippen molar-refractivity contribution in [1.29, 1.82) is 0 Å². The minimum Gasteiger partial charge on any atom is -0.485 e. The van der Waals surface area contributed by atoms with E-state index in [0.29, 0.717) is 42.5 Å². The van der Waals surface area contributed by atoms with Crippen molar-refractivity contribution in [3.63, 3.8) is 0 Å². The number of nitrogens with zero attached hydrogens (tertiary/aromatic N) is 2. The van der Waals surface area contributed by atoms with Crippen LogP contribution in [0.5, 0.6) is 11.5 Å². The van der Waals surface area contributed by atoms with E-state index in [-0.39, 0.29) is 37.4 Å². The summed E-state index contributed by atoms with van der Waals surface area (Å²) in [7, 11) is 0. The molecule has 2 amide bonds. The Kier molecular flexibility index (Phi) is 7.76. The molecule has 1 N–H and O–H groups in total. The third kappa shape index (κ3) is 5.92. The van der Waals surface area contributed by atoms with Gasteiger partial charge in [-0.2, -0.15) is 0 Å². The highest BCUT2D eigenvalue weighted by atomic mass is 16.5. The highest BCUT2D eigenvalue weighted by Crippen LogP contribution is 2.33. The van der Waals surface area contributed by atoms with Gasteiger partial charge in [-0.25, -0.2) is 0 Å². The third-order valence-corrected chi connectivity index (χ3v) is 5.83. The van der Waals surface area contributed by atoms with Crippen LogP contribution >= 0.6 is 0 Å². The Labute approximate surface area is 198 Å². The molecule has 180 valence electrons. The summed E-state index contributed by atoms with van der Waals surface area (Å²) < 4.78 is 16.5. The number of benzene rings is 2. The van der Waals surface area contributed by atoms with Crippen LogP contribution in [-0.2, 0) is 14.3 Å². The van der Waals surface area contributed by atoms with Crippen LogP contribution in [0.15, 0.2) is 42.5 Å². The van der Waals surface area contributed by atoms with Crippen LogP contribution < -0.4 is 19.7 Å². The number of nitrogens with one attached hydrogen (secondary N) is 1. The topological polar surface area (TPSA) is 97.4 Å². The van der Waals surface area contributed by atoms with Crippen LogP contribution in [0.1, 0.15) is 15.9 Å². The van der Waals surface area contributed by atoms with Gasteiger partial charge in [0, 0.05) is 31.7 Å². The monoisotopic (exact) mass is 467 g/mol. The van der Waals surface area contributed by atoms with E-state index in [9.17, 15) is 14.4 Å². The fourth-order valence-corrected chi connectivity index (χ4v) is 3.87. The van der Waals surface area contributed by atoms with Crippen molar-refractivity contribution in [2.45, 2.75) is 6.92 Å². The van der Waals surface area contributed by atoms with E-state index in [1.807, 2.05) is 25.1 Å². The average molecular weight is 468 g/mol. The summed E-state index contributed by atoms with van der Waals surface area (Å²) >= 11 is 0. The molecule has 4 rings (SSSR count). The molecule has 1 saturated heterocycles. The van der Waals surface area contributed by atoms with E-state index in [2.05, 4.69) is 10.2 Å². The lowest BCUT2D eigenvalue weighted by Crippen LogP contribution is -2.47. The Balaban J connectivity index is 1.37. The van der Waals surface area contributed by atoms with Gasteiger partial charge in [0.1, 0.15) is 18.0 Å². The maximum absolute atomic E-state index is 12.8. The first-order valence-corrected chi connectivity index (χ1v) is 11.4. The number of para-hydroxylation sites is 1. The summed E-state index contributed by atoms with van der Waals surface area (Å²) in [5, 5.41) is 2.87. The number of ether oxygens (including phenoxy) is 3. The Hall–Kier alpha value is -3.43. The molecule has 2 aromatic rings. The summed E-state index contributed by atoms with van der Waals surface area (Å²) in [6.45, 7) is 5.76. The molecular formula is C25H29N3O6. The highest BCUT2D eigenvalue weighted by molar-refractivity contribution is 6.04. The molecule has 34 heavy (non-hydrogen) atoms. The van der Waals surface area contributed by atoms with Crippen LogP contribution in [0.3, 0.4) is 0 Å². The highest BCUT2D eigenvalue weighted by Gasteiger charge is 2.28. The molecule has 2 aromatic carbocycles. The summed E-state index contributed by atoms with van der Waals surface area (Å²) in [6, 6.07) is 12.3. The first-order valence-electron chi connectivity index (χ1n) is 11.4. The van der Waals surface area contributed by atoms with E-state index in [1.165, 1.54) is 4.90 Å². The number of rotatable bonds is 9. The van der Waals surface area contributed by atoms with Gasteiger partial charge in [0.25, 0.3) is 5.91 Å². The lowest BCUT2D eigenvalue weighted by molar-refractivity contribution is -0.125. The second kappa shape index (κ2) is 11.1. The molecule has 9 nitrogen and oxygen atoms in total. The predicted octanol–water partition coefficient (Wildman–Crippen LogP) is 1.43. The largest absolute Gasteiger partial charge is 0.485 e. The summed E-state index contributed by atoms with van der Waals surface area (Å²) in [5.74, 6) is 0.254. The van der Waals surface area contributed by atoms with Gasteiger partial charge in [0.15, 0.2) is 19.0 Å². The van der Waals surface area contributed by atoms with Gasteiger partial charge in [0.05, 0.1) is 18.9 Å². The van der Waals surface area contributed by atoms with Crippen LogP contribution in [0.4, 0.5) is 5.69 Å². The van der Waals surface area contributed by atoms with Crippen LogP contribution in [0.2, 0.25) is 0 Å². The predicted molar refractivity (Wildman–Crippen MR) is 126 cm³/mol. The fourth-order valence-electron chi connectivity index (χ4n) is 3.87. The number of aryl methyl sites for hydroxylation is 1. The van der Waals surface area contributed by atoms with Crippen molar-refractivity contribution in [2.24, 2.45) is 0 Å². The summed E-state index contributed by atoms with van der Waals surface area (Å²) in [6.07, 6.45) is 0. The third-order valence-electron chi connectivity index (χ3n) is 5.83. The average Bonchev–Trinajstić information content (AvgIpc) is 2.85. The number of morpholine rings is 1. The quantitative estimate of drug-likeness (QED) is 0.557. The second-order valence-electron chi connectivity index (χ2n) is 8.23. The minimum absolute atomic E-state index is 0.138. The minimum atomic E-state index is -0.336. The van der Waals surface area contributed by atoms with Gasteiger partial charge in [-0.3, -0.25) is 24.2 Å². The first kappa shape index (κ1) is 23.7. The van der Waals surface area contributed by atoms with Gasteiger partial charge >= 0.3 is 0 Å². The molecule has 0 radical (unpaired) electrons. The molecule has 9 heteroatoms. The Bertz CT molecular complexity index is 1050. The molecule has 0 aromatic heterocycles. The number of anilines is 1. The SMILES string of the molecule is Cc1ccccc1OCC(=O)c1ccc2c(c1)N(CC(=O)NCCN1CCOCC1)C(=O)CO2. The molecule has 0 bridgehead atoms. The van der Waals surface area contributed by atoms with Crippen LogP contribution in [-0.4, -0.2) is 81.6 Å². The van der Waals surface area contributed by atoms with E-state index in [1.54, 1.807) is 24.3 Å². The van der Waals surface area contributed by atoms with Crippen LogP contribution in [0.25, 0.3) is 0 Å². The fraction of sp³-hybridized carbons (Fsp3) is 0.400. The van der Waals surface area contributed by atoms with Crippen molar-refractivity contribution in [1.82, 2.24) is 10.2 Å². The van der Waals surface area contributed by atoms with E-state index in [0.717, 1.165) is 25.2 Å². The maximum atomic E-state index is 12.8. The zero-order valence-electron chi connectivity index (χ0n) is 19.2. The van der Waals surface area contributed by atoms with Gasteiger partial charge in [-0.05, 0) is 36.8 Å².